The van der Waals surface area contributed by atoms with Gasteiger partial charge in [-0.15, -0.1) is 0 Å². The Kier molecular flexibility index (Phi) is 8.17. The summed E-state index contributed by atoms with van der Waals surface area (Å²) in [5.41, 5.74) is 13.5. The van der Waals surface area contributed by atoms with Gasteiger partial charge in [-0.2, -0.15) is 4.98 Å². The van der Waals surface area contributed by atoms with Crippen LogP contribution in [0.3, 0.4) is 0 Å². The van der Waals surface area contributed by atoms with Crippen LogP contribution in [0.2, 0.25) is 0 Å². The van der Waals surface area contributed by atoms with E-state index in [2.05, 4.69) is 218 Å². The molecule has 0 N–H and O–H groups in total. The summed E-state index contributed by atoms with van der Waals surface area (Å²) in [6.45, 7) is 0. The molecule has 10 aromatic carbocycles. The van der Waals surface area contributed by atoms with E-state index < -0.39 is 0 Å². The molecule has 61 heavy (non-hydrogen) atoms. The first-order valence-electron chi connectivity index (χ1n) is 20.7. The third-order valence-corrected chi connectivity index (χ3v) is 12.1. The SMILES string of the molecule is c1ccc(-c2cc(-c3ccccc3)cc(-c3cccc(-c4cccc(-c5nc(-c6cccc7ccccc67)c6c(n5)oc5c7ccccc7c7ccccc7c56)c4)c3)c2)cc1. The topological polar surface area (TPSA) is 38.9 Å². The minimum Gasteiger partial charge on any atom is -0.437 e. The Bertz CT molecular complexity index is 3580. The van der Waals surface area contributed by atoms with E-state index in [1.165, 1.54) is 27.6 Å². The van der Waals surface area contributed by atoms with Crippen LogP contribution in [0, 0.1) is 0 Å². The molecular weight excluding hydrogens is 741 g/mol. The highest BCUT2D eigenvalue weighted by Crippen LogP contribution is 2.45. The molecule has 3 heteroatoms. The summed E-state index contributed by atoms with van der Waals surface area (Å²) < 4.78 is 6.92. The number of benzene rings is 10. The fourth-order valence-corrected chi connectivity index (χ4v) is 9.16. The lowest BCUT2D eigenvalue weighted by atomic mass is 9.92. The molecule has 2 aromatic heterocycles. The lowest BCUT2D eigenvalue weighted by Gasteiger charge is -2.13. The fraction of sp³-hybridized carbons (Fsp3) is 0. The van der Waals surface area contributed by atoms with Crippen molar-refractivity contribution >= 4 is 54.4 Å². The van der Waals surface area contributed by atoms with Crippen LogP contribution in [-0.2, 0) is 0 Å². The molecule has 0 aliphatic carbocycles. The van der Waals surface area contributed by atoms with Gasteiger partial charge in [-0.25, -0.2) is 4.98 Å². The number of fused-ring (bicyclic) bond motifs is 9. The van der Waals surface area contributed by atoms with Crippen molar-refractivity contribution in [2.24, 2.45) is 0 Å². The molecule has 0 amide bonds. The number of aromatic nitrogens is 2. The first-order valence-corrected chi connectivity index (χ1v) is 20.7. The van der Waals surface area contributed by atoms with Crippen LogP contribution >= 0.6 is 0 Å². The van der Waals surface area contributed by atoms with Crippen LogP contribution in [0.1, 0.15) is 0 Å². The summed E-state index contributed by atoms with van der Waals surface area (Å²) in [6.07, 6.45) is 0. The van der Waals surface area contributed by atoms with Crippen LogP contribution in [0.5, 0.6) is 0 Å². The molecule has 0 fully saturated rings. The average Bonchev–Trinajstić information content (AvgIpc) is 3.74. The van der Waals surface area contributed by atoms with E-state index in [1.807, 2.05) is 0 Å². The van der Waals surface area contributed by atoms with E-state index in [0.29, 0.717) is 11.5 Å². The summed E-state index contributed by atoms with van der Waals surface area (Å²) in [4.78, 5) is 10.8. The molecule has 0 spiro atoms. The lowest BCUT2D eigenvalue weighted by molar-refractivity contribution is 0.657. The van der Waals surface area contributed by atoms with E-state index in [0.717, 1.165) is 82.4 Å². The average molecular weight is 777 g/mol. The number of furan rings is 1. The van der Waals surface area contributed by atoms with Crippen molar-refractivity contribution in [3.8, 4) is 67.2 Å². The van der Waals surface area contributed by atoms with Crippen molar-refractivity contribution in [2.45, 2.75) is 0 Å². The number of nitrogens with zero attached hydrogens (tertiary/aromatic N) is 2. The van der Waals surface area contributed by atoms with Crippen molar-refractivity contribution in [3.63, 3.8) is 0 Å². The smallest absolute Gasteiger partial charge is 0.231 e. The molecule has 12 rings (SSSR count). The Morgan fingerprint density at radius 2 is 0.738 bits per heavy atom. The van der Waals surface area contributed by atoms with Gasteiger partial charge in [0.15, 0.2) is 5.82 Å². The van der Waals surface area contributed by atoms with E-state index in [-0.39, 0.29) is 0 Å². The largest absolute Gasteiger partial charge is 0.437 e. The van der Waals surface area contributed by atoms with Gasteiger partial charge in [-0.05, 0) is 102 Å². The minimum atomic E-state index is 0.573. The van der Waals surface area contributed by atoms with Gasteiger partial charge in [-0.3, -0.25) is 0 Å². The molecule has 12 aromatic rings. The third-order valence-electron chi connectivity index (χ3n) is 12.1. The van der Waals surface area contributed by atoms with Gasteiger partial charge in [0.05, 0.1) is 11.1 Å². The van der Waals surface area contributed by atoms with Crippen LogP contribution in [0.4, 0.5) is 0 Å². The van der Waals surface area contributed by atoms with Crippen LogP contribution in [0.25, 0.3) is 122 Å². The fourth-order valence-electron chi connectivity index (χ4n) is 9.16. The summed E-state index contributed by atoms with van der Waals surface area (Å²) >= 11 is 0. The highest BCUT2D eigenvalue weighted by Gasteiger charge is 2.23. The van der Waals surface area contributed by atoms with E-state index in [4.69, 9.17) is 14.4 Å². The predicted molar refractivity (Wildman–Crippen MR) is 254 cm³/mol. The number of rotatable bonds is 6. The Hall–Kier alpha value is -8.14. The van der Waals surface area contributed by atoms with E-state index in [9.17, 15) is 0 Å². The molecule has 0 aliphatic heterocycles. The Labute approximate surface area is 352 Å². The molecule has 0 bridgehead atoms. The van der Waals surface area contributed by atoms with Crippen molar-refractivity contribution in [1.29, 1.82) is 0 Å². The maximum Gasteiger partial charge on any atom is 0.231 e. The zero-order chi connectivity index (χ0) is 40.3. The number of hydrogen-bond donors (Lipinski definition) is 0. The van der Waals surface area contributed by atoms with E-state index >= 15 is 0 Å². The Balaban J connectivity index is 1.04. The maximum atomic E-state index is 6.92. The lowest BCUT2D eigenvalue weighted by Crippen LogP contribution is -1.95. The first kappa shape index (κ1) is 34.9. The second-order valence-corrected chi connectivity index (χ2v) is 15.7. The molecule has 3 nitrogen and oxygen atoms in total. The highest BCUT2D eigenvalue weighted by atomic mass is 16.3. The van der Waals surface area contributed by atoms with Crippen molar-refractivity contribution < 1.29 is 4.42 Å². The quantitative estimate of drug-likeness (QED) is 0.158. The molecule has 0 saturated carbocycles. The standard InChI is InChI=1S/C58H36N2O/c1-3-16-37(17-4-1)44-34-45(38-18-5-2-6-19-38)36-46(35-44)42-24-13-22-40(32-42)41-23-14-25-43(33-41)57-59-55(51-31-15-21-39-20-7-8-26-47(39)51)54-53-50-29-11-9-27-48(50)49-28-10-12-30-52(49)56(53)61-58(54)60-57/h1-36H. The van der Waals surface area contributed by atoms with Crippen molar-refractivity contribution in [3.05, 3.63) is 218 Å². The summed E-state index contributed by atoms with van der Waals surface area (Å²) in [7, 11) is 0. The Morgan fingerprint density at radius 3 is 1.41 bits per heavy atom. The highest BCUT2D eigenvalue weighted by molar-refractivity contribution is 6.32. The molecule has 0 radical (unpaired) electrons. The van der Waals surface area contributed by atoms with Crippen molar-refractivity contribution in [2.75, 3.05) is 0 Å². The van der Waals surface area contributed by atoms with Crippen LogP contribution in [0.15, 0.2) is 223 Å². The molecule has 0 atom stereocenters. The van der Waals surface area contributed by atoms with Gasteiger partial charge in [0, 0.05) is 21.9 Å². The second-order valence-electron chi connectivity index (χ2n) is 15.7. The summed E-state index contributed by atoms with van der Waals surface area (Å²) in [6, 6.07) is 77.6. The van der Waals surface area contributed by atoms with Gasteiger partial charge in [0.1, 0.15) is 5.58 Å². The zero-order valence-corrected chi connectivity index (χ0v) is 33.1. The summed E-state index contributed by atoms with van der Waals surface area (Å²) in [5, 5.41) is 8.77. The normalized spacial score (nSPS) is 11.6. The third kappa shape index (κ3) is 5.98. The van der Waals surface area contributed by atoms with Gasteiger partial charge >= 0.3 is 0 Å². The maximum absolute atomic E-state index is 6.92. The first-order chi connectivity index (χ1) is 30.2. The molecule has 2 heterocycles. The predicted octanol–water partition coefficient (Wildman–Crippen LogP) is 15.8. The zero-order valence-electron chi connectivity index (χ0n) is 33.1. The molecule has 0 unspecified atom stereocenters. The Morgan fingerprint density at radius 1 is 0.295 bits per heavy atom. The minimum absolute atomic E-state index is 0.573. The summed E-state index contributed by atoms with van der Waals surface area (Å²) in [5.74, 6) is 0.615. The van der Waals surface area contributed by atoms with Crippen molar-refractivity contribution in [1.82, 2.24) is 9.97 Å². The van der Waals surface area contributed by atoms with Gasteiger partial charge in [0.25, 0.3) is 0 Å². The molecule has 0 saturated heterocycles. The van der Waals surface area contributed by atoms with Gasteiger partial charge in [-0.1, -0.05) is 188 Å². The van der Waals surface area contributed by atoms with Gasteiger partial charge in [0.2, 0.25) is 5.71 Å². The number of hydrogen-bond acceptors (Lipinski definition) is 3. The molecule has 0 aliphatic rings. The van der Waals surface area contributed by atoms with Crippen LogP contribution in [-0.4, -0.2) is 9.97 Å². The van der Waals surface area contributed by atoms with Gasteiger partial charge < -0.3 is 4.42 Å². The van der Waals surface area contributed by atoms with Crippen LogP contribution < -0.4 is 0 Å². The molecule has 284 valence electrons. The second kappa shape index (κ2) is 14.3. The van der Waals surface area contributed by atoms with E-state index in [1.54, 1.807) is 0 Å². The molecular formula is C58H36N2O. The monoisotopic (exact) mass is 776 g/mol.